The number of aromatic nitrogens is 1. The predicted molar refractivity (Wildman–Crippen MR) is 106 cm³/mol. The van der Waals surface area contributed by atoms with Crippen molar-refractivity contribution < 1.29 is 24.2 Å². The van der Waals surface area contributed by atoms with Gasteiger partial charge in [0, 0.05) is 29.2 Å². The van der Waals surface area contributed by atoms with Gasteiger partial charge in [-0.1, -0.05) is 24.3 Å². The van der Waals surface area contributed by atoms with Crippen LogP contribution < -0.4 is 9.47 Å². The van der Waals surface area contributed by atoms with E-state index in [0.717, 1.165) is 16.5 Å². The molecule has 3 aliphatic heterocycles. The normalized spacial score (nSPS) is 24.9. The highest BCUT2D eigenvalue weighted by molar-refractivity contribution is 5.98. The van der Waals surface area contributed by atoms with E-state index in [1.807, 2.05) is 42.5 Å². The highest BCUT2D eigenvalue weighted by atomic mass is 16.7. The molecule has 0 bridgehead atoms. The summed E-state index contributed by atoms with van der Waals surface area (Å²) in [5.41, 5.74) is 3.01. The molecule has 6 rings (SSSR count). The number of aliphatic hydroxyl groups excluding tert-OH is 1. The van der Waals surface area contributed by atoms with E-state index in [1.165, 1.54) is 9.80 Å². The molecule has 4 heterocycles. The molecule has 2 N–H and O–H groups in total. The Morgan fingerprint density at radius 3 is 2.77 bits per heavy atom. The Labute approximate surface area is 171 Å². The number of hydrogen-bond acceptors (Lipinski definition) is 5. The molecule has 2 aromatic carbocycles. The average molecular weight is 405 g/mol. The lowest BCUT2D eigenvalue weighted by Gasteiger charge is -2.48. The first kappa shape index (κ1) is 17.3. The second-order valence-corrected chi connectivity index (χ2v) is 7.90. The summed E-state index contributed by atoms with van der Waals surface area (Å²) in [6, 6.07) is 11.6. The van der Waals surface area contributed by atoms with Crippen LogP contribution in [-0.2, 0) is 9.59 Å². The molecule has 0 radical (unpaired) electrons. The topological polar surface area (TPSA) is 95.1 Å². The summed E-state index contributed by atoms with van der Waals surface area (Å²) in [5, 5.41) is 12.1. The molecule has 152 valence electrons. The predicted octanol–water partition coefficient (Wildman–Crippen LogP) is 1.70. The van der Waals surface area contributed by atoms with Crippen molar-refractivity contribution >= 4 is 22.7 Å². The van der Waals surface area contributed by atoms with Gasteiger partial charge in [0.05, 0.1) is 12.6 Å². The van der Waals surface area contributed by atoms with E-state index in [0.29, 0.717) is 22.8 Å². The number of piperazine rings is 1. The Kier molecular flexibility index (Phi) is 3.47. The number of aromatic amines is 1. The number of likely N-dealkylation sites (N-methyl/N-ethyl adjacent to an activating group) is 1. The lowest BCUT2D eigenvalue weighted by atomic mass is 9.84. The minimum Gasteiger partial charge on any atom is -0.454 e. The van der Waals surface area contributed by atoms with Crippen LogP contribution in [0, 0.1) is 0 Å². The number of hydrogen-bond donors (Lipinski definition) is 2. The van der Waals surface area contributed by atoms with Crippen molar-refractivity contribution in [3.63, 3.8) is 0 Å². The monoisotopic (exact) mass is 405 g/mol. The third-order valence-electron chi connectivity index (χ3n) is 6.22. The van der Waals surface area contributed by atoms with E-state index in [1.54, 1.807) is 7.05 Å². The highest BCUT2D eigenvalue weighted by Crippen LogP contribution is 2.48. The zero-order valence-corrected chi connectivity index (χ0v) is 16.2. The first-order valence-electron chi connectivity index (χ1n) is 9.79. The molecule has 2 amide bonds. The first-order valence-corrected chi connectivity index (χ1v) is 9.79. The van der Waals surface area contributed by atoms with Crippen LogP contribution in [0.4, 0.5) is 0 Å². The fraction of sp³-hybridized carbons (Fsp3) is 0.273. The molecule has 0 aliphatic carbocycles. The molecule has 0 spiro atoms. The largest absolute Gasteiger partial charge is 0.454 e. The molecular weight excluding hydrogens is 386 g/mol. The van der Waals surface area contributed by atoms with Gasteiger partial charge in [-0.3, -0.25) is 9.59 Å². The summed E-state index contributed by atoms with van der Waals surface area (Å²) < 4.78 is 11.0. The summed E-state index contributed by atoms with van der Waals surface area (Å²) in [7, 11) is 1.59. The van der Waals surface area contributed by atoms with Gasteiger partial charge < -0.3 is 29.4 Å². The Bertz CT molecular complexity index is 1220. The molecule has 3 aromatic rings. The number of benzene rings is 2. The molecule has 1 fully saturated rings. The molecule has 30 heavy (non-hydrogen) atoms. The highest BCUT2D eigenvalue weighted by Gasteiger charge is 2.52. The lowest BCUT2D eigenvalue weighted by Crippen LogP contribution is -2.63. The van der Waals surface area contributed by atoms with Crippen molar-refractivity contribution in [2.24, 2.45) is 0 Å². The zero-order valence-electron chi connectivity index (χ0n) is 16.2. The van der Waals surface area contributed by atoms with Gasteiger partial charge in [-0.25, -0.2) is 0 Å². The Hall–Kier alpha value is -3.52. The fourth-order valence-corrected chi connectivity index (χ4v) is 4.88. The summed E-state index contributed by atoms with van der Waals surface area (Å²) in [5.74, 6) is 0.751. The average Bonchev–Trinajstić information content (AvgIpc) is 3.36. The number of nitrogens with zero attached hydrogens (tertiary/aromatic N) is 2. The smallest absolute Gasteiger partial charge is 0.248 e. The maximum atomic E-state index is 13.1. The van der Waals surface area contributed by atoms with Crippen LogP contribution in [0.2, 0.25) is 0 Å². The van der Waals surface area contributed by atoms with E-state index in [-0.39, 0.29) is 25.2 Å². The number of para-hydroxylation sites is 1. The number of aliphatic hydroxyl groups is 1. The Balaban J connectivity index is 1.62. The molecular formula is C22H19N3O5. The number of ether oxygens (including phenoxy) is 2. The van der Waals surface area contributed by atoms with Gasteiger partial charge in [-0.15, -0.1) is 0 Å². The van der Waals surface area contributed by atoms with Crippen LogP contribution in [0.5, 0.6) is 11.5 Å². The van der Waals surface area contributed by atoms with Crippen molar-refractivity contribution in [1.82, 2.24) is 14.8 Å². The Morgan fingerprint density at radius 1 is 1.10 bits per heavy atom. The number of H-pyrrole nitrogens is 1. The van der Waals surface area contributed by atoms with Gasteiger partial charge >= 0.3 is 0 Å². The van der Waals surface area contributed by atoms with E-state index in [4.69, 9.17) is 9.47 Å². The SMILES string of the molecule is CN1CC(=O)N2C(c3ccc4c(c3)OCO4)c3[nH]c4ccccc4c3C(O)C2C1=O. The number of rotatable bonds is 1. The molecule has 3 aliphatic rings. The van der Waals surface area contributed by atoms with E-state index in [9.17, 15) is 14.7 Å². The molecule has 3 unspecified atom stereocenters. The first-order chi connectivity index (χ1) is 14.5. The third-order valence-corrected chi connectivity index (χ3v) is 6.22. The minimum atomic E-state index is -1.12. The molecule has 1 aromatic heterocycles. The molecule has 8 nitrogen and oxygen atoms in total. The number of carbonyl (C=O) groups excluding carboxylic acids is 2. The molecule has 1 saturated heterocycles. The van der Waals surface area contributed by atoms with E-state index >= 15 is 0 Å². The maximum Gasteiger partial charge on any atom is 0.248 e. The second-order valence-electron chi connectivity index (χ2n) is 7.90. The quantitative estimate of drug-likeness (QED) is 0.643. The van der Waals surface area contributed by atoms with Gasteiger partial charge in [-0.05, 0) is 23.8 Å². The van der Waals surface area contributed by atoms with Crippen LogP contribution in [0.25, 0.3) is 10.9 Å². The lowest BCUT2D eigenvalue weighted by molar-refractivity contribution is -0.163. The van der Waals surface area contributed by atoms with Gasteiger partial charge in [0.2, 0.25) is 18.6 Å². The fourth-order valence-electron chi connectivity index (χ4n) is 4.88. The molecule has 0 saturated carbocycles. The standard InChI is InChI=1S/C22H19N3O5/c1-24-9-16(26)25-19(11-6-7-14-15(8-11)30-10-29-14)18-17(21(27)20(25)22(24)28)12-4-2-3-5-13(12)23-18/h2-8,19-21,23,27H,9-10H2,1H3. The van der Waals surface area contributed by atoms with Crippen LogP contribution >= 0.6 is 0 Å². The van der Waals surface area contributed by atoms with Crippen molar-refractivity contribution in [3.05, 3.63) is 59.3 Å². The summed E-state index contributed by atoms with van der Waals surface area (Å²) in [6.07, 6.45) is -1.12. The molecule has 8 heteroatoms. The van der Waals surface area contributed by atoms with Crippen LogP contribution in [0.15, 0.2) is 42.5 Å². The van der Waals surface area contributed by atoms with Gasteiger partial charge in [-0.2, -0.15) is 0 Å². The van der Waals surface area contributed by atoms with Crippen molar-refractivity contribution in [2.45, 2.75) is 18.2 Å². The summed E-state index contributed by atoms with van der Waals surface area (Å²) in [6.45, 7) is 0.118. The van der Waals surface area contributed by atoms with Crippen LogP contribution in [-0.4, -0.2) is 58.1 Å². The number of nitrogens with one attached hydrogen (secondary N) is 1. The van der Waals surface area contributed by atoms with Crippen LogP contribution in [0.3, 0.4) is 0 Å². The number of amides is 2. The van der Waals surface area contributed by atoms with Crippen molar-refractivity contribution in [2.75, 3.05) is 20.4 Å². The zero-order chi connectivity index (χ0) is 20.6. The Morgan fingerprint density at radius 2 is 1.90 bits per heavy atom. The van der Waals surface area contributed by atoms with Gasteiger partial charge in [0.15, 0.2) is 11.5 Å². The number of fused-ring (bicyclic) bond motifs is 5. The summed E-state index contributed by atoms with van der Waals surface area (Å²) in [4.78, 5) is 32.5. The van der Waals surface area contributed by atoms with Crippen molar-refractivity contribution in [3.8, 4) is 11.5 Å². The van der Waals surface area contributed by atoms with Gasteiger partial charge in [0.1, 0.15) is 12.1 Å². The minimum absolute atomic E-state index is 0.0291. The molecule has 3 atom stereocenters. The van der Waals surface area contributed by atoms with Crippen molar-refractivity contribution in [1.29, 1.82) is 0 Å². The van der Waals surface area contributed by atoms with Crippen LogP contribution in [0.1, 0.15) is 29.0 Å². The third kappa shape index (κ3) is 2.19. The number of carbonyl (C=O) groups is 2. The second kappa shape index (κ2) is 5.99. The van der Waals surface area contributed by atoms with E-state index in [2.05, 4.69) is 4.98 Å². The van der Waals surface area contributed by atoms with Gasteiger partial charge in [0.25, 0.3) is 0 Å². The van der Waals surface area contributed by atoms with E-state index < -0.39 is 18.2 Å². The summed E-state index contributed by atoms with van der Waals surface area (Å²) >= 11 is 0. The maximum absolute atomic E-state index is 13.1.